The summed E-state index contributed by atoms with van der Waals surface area (Å²) in [4.78, 5) is 16.0. The van der Waals surface area contributed by atoms with Gasteiger partial charge in [0.1, 0.15) is 17.3 Å². The molecule has 5 rings (SSSR count). The second-order valence-electron chi connectivity index (χ2n) is 6.92. The van der Waals surface area contributed by atoms with Crippen molar-refractivity contribution < 1.29 is 4.74 Å². The number of anilines is 1. The maximum atomic E-state index is 5.28. The van der Waals surface area contributed by atoms with E-state index in [0.29, 0.717) is 5.75 Å². The highest BCUT2D eigenvalue weighted by molar-refractivity contribution is 5.93. The van der Waals surface area contributed by atoms with Crippen LogP contribution in [-0.4, -0.2) is 58.4 Å². The molecular formula is C21H21N7O. The SMILES string of the molecule is COc1cncc(-c2cc3c(-c4cccc(N5CCNCC5)n4)n[nH]c3cn2)c1. The van der Waals surface area contributed by atoms with Crippen molar-refractivity contribution in [3.05, 3.63) is 48.9 Å². The van der Waals surface area contributed by atoms with Crippen molar-refractivity contribution in [2.75, 3.05) is 38.2 Å². The zero-order valence-corrected chi connectivity index (χ0v) is 16.1. The van der Waals surface area contributed by atoms with Crippen LogP contribution in [0.4, 0.5) is 5.82 Å². The normalized spacial score (nSPS) is 14.3. The molecule has 0 atom stereocenters. The molecular weight excluding hydrogens is 366 g/mol. The third-order valence-electron chi connectivity index (χ3n) is 5.11. The van der Waals surface area contributed by atoms with Crippen molar-refractivity contribution >= 4 is 16.7 Å². The zero-order valence-electron chi connectivity index (χ0n) is 16.1. The van der Waals surface area contributed by atoms with Crippen LogP contribution in [0.2, 0.25) is 0 Å². The van der Waals surface area contributed by atoms with E-state index in [1.54, 1.807) is 25.7 Å². The minimum Gasteiger partial charge on any atom is -0.495 e. The molecule has 0 saturated carbocycles. The summed E-state index contributed by atoms with van der Waals surface area (Å²) in [5.74, 6) is 1.67. The molecule has 1 fully saturated rings. The highest BCUT2D eigenvalue weighted by Crippen LogP contribution is 2.30. The van der Waals surface area contributed by atoms with Crippen LogP contribution in [0.15, 0.2) is 48.9 Å². The lowest BCUT2D eigenvalue weighted by molar-refractivity contribution is 0.413. The summed E-state index contributed by atoms with van der Waals surface area (Å²) in [5, 5.41) is 11.9. The lowest BCUT2D eigenvalue weighted by Gasteiger charge is -2.28. The van der Waals surface area contributed by atoms with Gasteiger partial charge in [-0.2, -0.15) is 5.10 Å². The predicted molar refractivity (Wildman–Crippen MR) is 112 cm³/mol. The molecule has 1 aliphatic rings. The smallest absolute Gasteiger partial charge is 0.137 e. The topological polar surface area (TPSA) is 91.9 Å². The van der Waals surface area contributed by atoms with E-state index in [2.05, 4.69) is 36.4 Å². The molecule has 4 aromatic heterocycles. The van der Waals surface area contributed by atoms with E-state index in [9.17, 15) is 0 Å². The second kappa shape index (κ2) is 7.48. The quantitative estimate of drug-likeness (QED) is 0.556. The minimum absolute atomic E-state index is 0.696. The van der Waals surface area contributed by atoms with Gasteiger partial charge in [0.15, 0.2) is 0 Å². The Hall–Kier alpha value is -3.52. The number of aromatic amines is 1. The van der Waals surface area contributed by atoms with Gasteiger partial charge in [0.25, 0.3) is 0 Å². The Balaban J connectivity index is 1.55. The standard InChI is InChI=1S/C21H21N7O/c1-29-15-9-14(11-23-12-15)18-10-16-19(13-24-18)26-27-21(16)17-3-2-4-20(25-17)28-7-5-22-6-8-28/h2-4,9-13,22H,5-8H2,1H3,(H,26,27). The summed E-state index contributed by atoms with van der Waals surface area (Å²) in [6.45, 7) is 3.85. The average molecular weight is 387 g/mol. The van der Waals surface area contributed by atoms with Crippen LogP contribution in [0.25, 0.3) is 33.5 Å². The maximum absolute atomic E-state index is 5.28. The first-order valence-corrected chi connectivity index (χ1v) is 9.58. The Morgan fingerprint density at radius 3 is 2.79 bits per heavy atom. The molecule has 0 amide bonds. The number of aromatic nitrogens is 5. The minimum atomic E-state index is 0.696. The van der Waals surface area contributed by atoms with E-state index in [1.165, 1.54) is 0 Å². The number of nitrogens with one attached hydrogen (secondary N) is 2. The van der Waals surface area contributed by atoms with Crippen LogP contribution in [0.3, 0.4) is 0 Å². The number of H-pyrrole nitrogens is 1. The molecule has 4 aromatic rings. The summed E-state index contributed by atoms with van der Waals surface area (Å²) >= 11 is 0. The van der Waals surface area contributed by atoms with E-state index in [0.717, 1.165) is 65.5 Å². The molecule has 0 aromatic carbocycles. The molecule has 5 heterocycles. The van der Waals surface area contributed by atoms with E-state index < -0.39 is 0 Å². The molecule has 2 N–H and O–H groups in total. The second-order valence-corrected chi connectivity index (χ2v) is 6.92. The Bertz CT molecular complexity index is 1150. The van der Waals surface area contributed by atoms with Gasteiger partial charge in [-0.1, -0.05) is 6.07 Å². The number of ether oxygens (including phenoxy) is 1. The maximum Gasteiger partial charge on any atom is 0.137 e. The predicted octanol–water partition coefficient (Wildman–Crippen LogP) is 2.50. The first-order chi connectivity index (χ1) is 14.3. The average Bonchev–Trinajstić information content (AvgIpc) is 3.23. The monoisotopic (exact) mass is 387 g/mol. The Kier molecular flexibility index (Phi) is 4.53. The largest absolute Gasteiger partial charge is 0.495 e. The Morgan fingerprint density at radius 2 is 1.93 bits per heavy atom. The van der Waals surface area contributed by atoms with Crippen LogP contribution >= 0.6 is 0 Å². The summed E-state index contributed by atoms with van der Waals surface area (Å²) < 4.78 is 5.28. The zero-order chi connectivity index (χ0) is 19.6. The Morgan fingerprint density at radius 1 is 1.03 bits per heavy atom. The van der Waals surface area contributed by atoms with Crippen molar-refractivity contribution in [3.63, 3.8) is 0 Å². The first kappa shape index (κ1) is 17.6. The molecule has 1 aliphatic heterocycles. The van der Waals surface area contributed by atoms with Crippen molar-refractivity contribution in [1.82, 2.24) is 30.5 Å². The fourth-order valence-electron chi connectivity index (χ4n) is 3.57. The number of fused-ring (bicyclic) bond motifs is 1. The molecule has 0 aliphatic carbocycles. The van der Waals surface area contributed by atoms with Crippen LogP contribution in [0, 0.1) is 0 Å². The van der Waals surface area contributed by atoms with Crippen LogP contribution < -0.4 is 15.0 Å². The van der Waals surface area contributed by atoms with Crippen LogP contribution in [0.5, 0.6) is 5.75 Å². The number of hydrogen-bond acceptors (Lipinski definition) is 7. The van der Waals surface area contributed by atoms with E-state index in [4.69, 9.17) is 9.72 Å². The summed E-state index contributed by atoms with van der Waals surface area (Å²) in [7, 11) is 1.63. The van der Waals surface area contributed by atoms with Crippen molar-refractivity contribution in [2.24, 2.45) is 0 Å². The summed E-state index contributed by atoms with van der Waals surface area (Å²) in [5.41, 5.74) is 4.23. The summed E-state index contributed by atoms with van der Waals surface area (Å²) in [6, 6.07) is 10.0. The lowest BCUT2D eigenvalue weighted by atomic mass is 10.1. The fourth-order valence-corrected chi connectivity index (χ4v) is 3.57. The molecule has 0 radical (unpaired) electrons. The van der Waals surface area contributed by atoms with Crippen molar-refractivity contribution in [3.8, 4) is 28.4 Å². The molecule has 0 bridgehead atoms. The third kappa shape index (κ3) is 3.38. The molecule has 29 heavy (non-hydrogen) atoms. The van der Waals surface area contributed by atoms with Crippen molar-refractivity contribution in [1.29, 1.82) is 0 Å². The lowest BCUT2D eigenvalue weighted by Crippen LogP contribution is -2.43. The highest BCUT2D eigenvalue weighted by Gasteiger charge is 2.16. The Labute approximate surface area is 168 Å². The highest BCUT2D eigenvalue weighted by atomic mass is 16.5. The molecule has 0 spiro atoms. The number of piperazine rings is 1. The number of methoxy groups -OCH3 is 1. The van der Waals surface area contributed by atoms with E-state index in [1.807, 2.05) is 24.3 Å². The molecule has 146 valence electrons. The molecule has 0 unspecified atom stereocenters. The van der Waals surface area contributed by atoms with Gasteiger partial charge in [0, 0.05) is 43.3 Å². The number of nitrogens with zero attached hydrogens (tertiary/aromatic N) is 5. The van der Waals surface area contributed by atoms with Crippen LogP contribution in [-0.2, 0) is 0 Å². The van der Waals surface area contributed by atoms with Gasteiger partial charge in [-0.25, -0.2) is 4.98 Å². The fraction of sp³-hybridized carbons (Fsp3) is 0.238. The van der Waals surface area contributed by atoms with Gasteiger partial charge in [-0.15, -0.1) is 0 Å². The number of hydrogen-bond donors (Lipinski definition) is 2. The molecule has 8 nitrogen and oxygen atoms in total. The van der Waals surface area contributed by atoms with Gasteiger partial charge >= 0.3 is 0 Å². The molecule has 1 saturated heterocycles. The first-order valence-electron chi connectivity index (χ1n) is 9.58. The van der Waals surface area contributed by atoms with Gasteiger partial charge < -0.3 is 15.0 Å². The van der Waals surface area contributed by atoms with Gasteiger partial charge in [0.05, 0.1) is 36.4 Å². The number of pyridine rings is 3. The van der Waals surface area contributed by atoms with Gasteiger partial charge in [-0.3, -0.25) is 15.1 Å². The summed E-state index contributed by atoms with van der Waals surface area (Å²) in [6.07, 6.45) is 5.25. The number of rotatable bonds is 4. The van der Waals surface area contributed by atoms with Crippen molar-refractivity contribution in [2.45, 2.75) is 0 Å². The van der Waals surface area contributed by atoms with Gasteiger partial charge in [0.2, 0.25) is 0 Å². The third-order valence-corrected chi connectivity index (χ3v) is 5.11. The van der Waals surface area contributed by atoms with Crippen LogP contribution in [0.1, 0.15) is 0 Å². The van der Waals surface area contributed by atoms with E-state index in [-0.39, 0.29) is 0 Å². The van der Waals surface area contributed by atoms with E-state index >= 15 is 0 Å². The van der Waals surface area contributed by atoms with Gasteiger partial charge in [-0.05, 0) is 24.3 Å². The molecule has 8 heteroatoms.